The minimum Gasteiger partial charge on any atom is -0.469 e. The summed E-state index contributed by atoms with van der Waals surface area (Å²) in [5.41, 5.74) is 1.09. The molecule has 0 bridgehead atoms. The fraction of sp³-hybridized carbons (Fsp3) is 0.550. The van der Waals surface area contributed by atoms with E-state index in [1.807, 2.05) is 6.07 Å². The van der Waals surface area contributed by atoms with Crippen LogP contribution in [0.25, 0.3) is 10.2 Å². The molecule has 0 spiro atoms. The van der Waals surface area contributed by atoms with E-state index in [1.165, 1.54) is 16.8 Å². The van der Waals surface area contributed by atoms with Crippen molar-refractivity contribution in [2.75, 3.05) is 33.3 Å². The topological polar surface area (TPSA) is 66.8 Å². The number of methoxy groups -OCH3 is 1. The molecule has 3 rings (SSSR count). The molecule has 6 nitrogen and oxygen atoms in total. The van der Waals surface area contributed by atoms with E-state index in [0.717, 1.165) is 63.3 Å². The van der Waals surface area contributed by atoms with Gasteiger partial charge in [-0.25, -0.2) is 4.98 Å². The fourth-order valence-corrected chi connectivity index (χ4v) is 4.37. The first kappa shape index (κ1) is 22.9. The van der Waals surface area contributed by atoms with Gasteiger partial charge in [0.1, 0.15) is 0 Å². The van der Waals surface area contributed by atoms with Crippen molar-refractivity contribution in [3.8, 4) is 0 Å². The lowest BCUT2D eigenvalue weighted by molar-refractivity contribution is -0.146. The molecule has 0 saturated carbocycles. The largest absolute Gasteiger partial charge is 0.469 e. The number of fused-ring (bicyclic) bond motifs is 1. The van der Waals surface area contributed by atoms with Gasteiger partial charge in [0.15, 0.2) is 5.96 Å². The maximum Gasteiger partial charge on any atom is 0.308 e. The number of ether oxygens (including phenoxy) is 1. The monoisotopic (exact) mass is 516 g/mol. The Bertz CT molecular complexity index is 754. The van der Waals surface area contributed by atoms with E-state index in [2.05, 4.69) is 40.3 Å². The lowest BCUT2D eigenvalue weighted by Gasteiger charge is -2.33. The smallest absolute Gasteiger partial charge is 0.308 e. The standard InChI is InChI=1S/C20H28N4O2S.HI/c1-3-21-20(24-13-10-15(11-14-24)19(25)26-2)22-12-6-9-18-23-16-7-4-5-8-17(16)27-18;/h4-5,7-8,15H,3,6,9-14H2,1-2H3,(H,21,22);1H. The van der Waals surface area contributed by atoms with E-state index in [4.69, 9.17) is 9.73 Å². The molecule has 1 N–H and O–H groups in total. The van der Waals surface area contributed by atoms with Gasteiger partial charge in [-0.15, -0.1) is 35.3 Å². The first-order chi connectivity index (χ1) is 13.2. The number of halogens is 1. The van der Waals surface area contributed by atoms with Gasteiger partial charge in [-0.2, -0.15) is 0 Å². The number of thiazole rings is 1. The van der Waals surface area contributed by atoms with Crippen molar-refractivity contribution in [1.29, 1.82) is 0 Å². The Morgan fingerprint density at radius 1 is 1.36 bits per heavy atom. The predicted octanol–water partition coefficient (Wildman–Crippen LogP) is 3.70. The Morgan fingerprint density at radius 2 is 2.11 bits per heavy atom. The van der Waals surface area contributed by atoms with Crippen LogP contribution < -0.4 is 5.32 Å². The lowest BCUT2D eigenvalue weighted by atomic mass is 9.97. The van der Waals surface area contributed by atoms with Crippen molar-refractivity contribution in [2.45, 2.75) is 32.6 Å². The summed E-state index contributed by atoms with van der Waals surface area (Å²) in [5.74, 6) is 0.880. The van der Waals surface area contributed by atoms with Gasteiger partial charge in [0.2, 0.25) is 0 Å². The summed E-state index contributed by atoms with van der Waals surface area (Å²) < 4.78 is 6.12. The third-order valence-corrected chi connectivity index (χ3v) is 5.91. The minimum absolute atomic E-state index is 0. The zero-order valence-corrected chi connectivity index (χ0v) is 19.7. The Kier molecular flexibility index (Phi) is 9.43. The van der Waals surface area contributed by atoms with Crippen molar-refractivity contribution in [3.05, 3.63) is 29.3 Å². The molecule has 1 fully saturated rings. The van der Waals surface area contributed by atoms with Crippen LogP contribution in [-0.2, 0) is 16.0 Å². The Labute approximate surface area is 187 Å². The first-order valence-electron chi connectivity index (χ1n) is 9.66. The van der Waals surface area contributed by atoms with Crippen molar-refractivity contribution < 1.29 is 9.53 Å². The number of aromatic nitrogens is 1. The van der Waals surface area contributed by atoms with Gasteiger partial charge < -0.3 is 15.0 Å². The number of guanidine groups is 1. The molecular formula is C20H29IN4O2S. The number of piperidine rings is 1. The average Bonchev–Trinajstić information content (AvgIpc) is 3.12. The van der Waals surface area contributed by atoms with Crippen LogP contribution in [0.5, 0.6) is 0 Å². The van der Waals surface area contributed by atoms with Crippen LogP contribution in [-0.4, -0.2) is 55.1 Å². The number of para-hydroxylation sites is 1. The van der Waals surface area contributed by atoms with Gasteiger partial charge in [0.25, 0.3) is 0 Å². The van der Waals surface area contributed by atoms with Gasteiger partial charge >= 0.3 is 5.97 Å². The van der Waals surface area contributed by atoms with E-state index in [-0.39, 0.29) is 35.9 Å². The molecule has 2 aromatic rings. The SMILES string of the molecule is CCNC(=NCCCc1nc2ccccc2s1)N1CCC(C(=O)OC)CC1.I. The zero-order chi connectivity index (χ0) is 19.1. The van der Waals surface area contributed by atoms with Gasteiger partial charge in [-0.3, -0.25) is 9.79 Å². The van der Waals surface area contributed by atoms with E-state index < -0.39 is 0 Å². The highest BCUT2D eigenvalue weighted by molar-refractivity contribution is 14.0. The molecule has 28 heavy (non-hydrogen) atoms. The van der Waals surface area contributed by atoms with Gasteiger partial charge in [-0.05, 0) is 38.3 Å². The zero-order valence-electron chi connectivity index (χ0n) is 16.5. The van der Waals surface area contributed by atoms with Crippen LogP contribution in [0.2, 0.25) is 0 Å². The molecule has 0 atom stereocenters. The number of nitrogens with zero attached hydrogens (tertiary/aromatic N) is 3. The number of aliphatic imine (C=N–C) groups is 1. The average molecular weight is 516 g/mol. The summed E-state index contributed by atoms with van der Waals surface area (Å²) >= 11 is 1.77. The van der Waals surface area contributed by atoms with Gasteiger partial charge in [-0.1, -0.05) is 12.1 Å². The number of hydrogen-bond donors (Lipinski definition) is 1. The van der Waals surface area contributed by atoms with Crippen LogP contribution in [0.1, 0.15) is 31.2 Å². The Balaban J connectivity index is 0.00000280. The molecule has 8 heteroatoms. The molecule has 0 amide bonds. The summed E-state index contributed by atoms with van der Waals surface area (Å²) in [4.78, 5) is 23.4. The van der Waals surface area contributed by atoms with E-state index >= 15 is 0 Å². The summed E-state index contributed by atoms with van der Waals surface area (Å²) in [6.07, 6.45) is 3.57. The second-order valence-electron chi connectivity index (χ2n) is 6.70. The number of likely N-dealkylation sites (tertiary alicyclic amines) is 1. The number of nitrogens with one attached hydrogen (secondary N) is 1. The molecule has 1 aliphatic rings. The second kappa shape index (κ2) is 11.5. The number of carbonyl (C=O) groups excluding carboxylic acids is 1. The molecule has 0 unspecified atom stereocenters. The molecular weight excluding hydrogens is 487 g/mol. The quantitative estimate of drug-likeness (QED) is 0.209. The van der Waals surface area contributed by atoms with Crippen molar-refractivity contribution in [3.63, 3.8) is 0 Å². The number of rotatable bonds is 6. The normalized spacial score (nSPS) is 15.4. The number of hydrogen-bond acceptors (Lipinski definition) is 5. The highest BCUT2D eigenvalue weighted by Gasteiger charge is 2.26. The highest BCUT2D eigenvalue weighted by atomic mass is 127. The number of carbonyl (C=O) groups is 1. The summed E-state index contributed by atoms with van der Waals surface area (Å²) in [6, 6.07) is 8.27. The van der Waals surface area contributed by atoms with Gasteiger partial charge in [0, 0.05) is 32.6 Å². The predicted molar refractivity (Wildman–Crippen MR) is 126 cm³/mol. The van der Waals surface area contributed by atoms with Crippen LogP contribution >= 0.6 is 35.3 Å². The number of aryl methyl sites for hydroxylation is 1. The lowest BCUT2D eigenvalue weighted by Crippen LogP contribution is -2.46. The van der Waals surface area contributed by atoms with Crippen LogP contribution in [0.4, 0.5) is 0 Å². The Hall–Kier alpha value is -1.42. The van der Waals surface area contributed by atoms with Crippen LogP contribution in [0.15, 0.2) is 29.3 Å². The highest BCUT2D eigenvalue weighted by Crippen LogP contribution is 2.22. The summed E-state index contributed by atoms with van der Waals surface area (Å²) in [5, 5.41) is 4.55. The van der Waals surface area contributed by atoms with Crippen molar-refractivity contribution in [1.82, 2.24) is 15.2 Å². The first-order valence-corrected chi connectivity index (χ1v) is 10.5. The van der Waals surface area contributed by atoms with Crippen molar-refractivity contribution >= 4 is 57.5 Å². The third-order valence-electron chi connectivity index (χ3n) is 4.81. The summed E-state index contributed by atoms with van der Waals surface area (Å²) in [7, 11) is 1.46. The molecule has 154 valence electrons. The molecule has 0 aliphatic carbocycles. The number of esters is 1. The molecule has 2 heterocycles. The van der Waals surface area contributed by atoms with Crippen molar-refractivity contribution in [2.24, 2.45) is 10.9 Å². The second-order valence-corrected chi connectivity index (χ2v) is 7.81. The fourth-order valence-electron chi connectivity index (χ4n) is 3.36. The maximum atomic E-state index is 11.7. The number of benzene rings is 1. The molecule has 1 aromatic carbocycles. The van der Waals surface area contributed by atoms with Gasteiger partial charge in [0.05, 0.1) is 28.3 Å². The summed E-state index contributed by atoms with van der Waals surface area (Å²) in [6.45, 7) is 5.37. The maximum absolute atomic E-state index is 11.7. The molecule has 1 aliphatic heterocycles. The third kappa shape index (κ3) is 6.04. The molecule has 1 aromatic heterocycles. The Morgan fingerprint density at radius 3 is 2.79 bits per heavy atom. The molecule has 0 radical (unpaired) electrons. The van der Waals surface area contributed by atoms with Crippen LogP contribution in [0, 0.1) is 5.92 Å². The van der Waals surface area contributed by atoms with E-state index in [1.54, 1.807) is 11.3 Å². The van der Waals surface area contributed by atoms with E-state index in [9.17, 15) is 4.79 Å². The molecule has 1 saturated heterocycles. The van der Waals surface area contributed by atoms with E-state index in [0.29, 0.717) is 0 Å². The minimum atomic E-state index is -0.0903. The van der Waals surface area contributed by atoms with Crippen LogP contribution in [0.3, 0.4) is 0 Å².